The van der Waals surface area contributed by atoms with Gasteiger partial charge in [-0.05, 0) is 41.5 Å². The van der Waals surface area contributed by atoms with E-state index < -0.39 is 9.93 Å². The lowest BCUT2D eigenvalue weighted by Gasteiger charge is -2.33. The summed E-state index contributed by atoms with van der Waals surface area (Å²) in [5.74, 6) is 0.0203. The minimum atomic E-state index is -0.817. The molecule has 0 aromatic carbocycles. The number of rotatable bonds is 6. The van der Waals surface area contributed by atoms with Gasteiger partial charge >= 0.3 is 0 Å². The van der Waals surface area contributed by atoms with Gasteiger partial charge in [-0.15, -0.1) is 0 Å². The first-order valence-electron chi connectivity index (χ1n) is 5.35. The lowest BCUT2D eigenvalue weighted by molar-refractivity contribution is -0.151. The third-order valence-corrected chi connectivity index (χ3v) is 2.78. The lowest BCUT2D eigenvalue weighted by atomic mass is 9.93. The molecule has 0 bridgehead atoms. The van der Waals surface area contributed by atoms with E-state index in [1.807, 2.05) is 27.7 Å². The number of hydrogen-bond donors (Lipinski definition) is 0. The molecule has 0 N–H and O–H groups in total. The predicted molar refractivity (Wildman–Crippen MR) is 69.1 cm³/mol. The number of Topliss-reactive ketones (excluding diaryl/α,β-unsaturated/α-hetero) is 1. The monoisotopic (exact) mass is 294 g/mol. The predicted octanol–water partition coefficient (Wildman–Crippen LogP) is 2.95. The zero-order valence-corrected chi connectivity index (χ0v) is 12.9. The Hall–Kier alpha value is 0.0700. The van der Waals surface area contributed by atoms with E-state index in [2.05, 4.69) is 15.9 Å². The summed E-state index contributed by atoms with van der Waals surface area (Å²) in [6.07, 6.45) is 0. The fraction of sp³-hybridized carbons (Fsp3) is 0.917. The molecule has 0 aromatic heterocycles. The Morgan fingerprint density at radius 1 is 1.12 bits per heavy atom. The maximum Gasteiger partial charge on any atom is 0.180 e. The second-order valence-corrected chi connectivity index (χ2v) is 7.55. The van der Waals surface area contributed by atoms with Crippen molar-refractivity contribution in [3.8, 4) is 0 Å². The van der Waals surface area contributed by atoms with Crippen molar-refractivity contribution >= 4 is 21.7 Å². The van der Waals surface area contributed by atoms with Gasteiger partial charge in [-0.25, -0.2) is 0 Å². The second kappa shape index (κ2) is 5.15. The highest BCUT2D eigenvalue weighted by molar-refractivity contribution is 9.10. The van der Waals surface area contributed by atoms with Crippen molar-refractivity contribution in [1.82, 2.24) is 0 Å². The molecule has 0 saturated heterocycles. The zero-order chi connectivity index (χ0) is 13.2. The summed E-state index contributed by atoms with van der Waals surface area (Å²) < 4.78 is 10.3. The molecule has 0 saturated carbocycles. The van der Waals surface area contributed by atoms with Crippen LogP contribution in [-0.4, -0.2) is 35.0 Å². The molecule has 3 nitrogen and oxygen atoms in total. The molecule has 0 aliphatic carbocycles. The average molecular weight is 295 g/mol. The van der Waals surface area contributed by atoms with Gasteiger partial charge in [-0.3, -0.25) is 4.79 Å². The molecule has 96 valence electrons. The highest BCUT2D eigenvalue weighted by Gasteiger charge is 2.39. The van der Waals surface area contributed by atoms with Crippen LogP contribution in [-0.2, 0) is 14.3 Å². The summed E-state index contributed by atoms with van der Waals surface area (Å²) in [6.45, 7) is 11.4. The van der Waals surface area contributed by atoms with Gasteiger partial charge < -0.3 is 9.47 Å². The Balaban J connectivity index is 4.54. The zero-order valence-electron chi connectivity index (χ0n) is 11.3. The molecule has 0 aromatic rings. The molecule has 0 heterocycles. The molecular formula is C12H23BrO3. The SMILES string of the molecule is COC(C)(C)COC(C)(C)C(=O)C(C)(C)Br. The quantitative estimate of drug-likeness (QED) is 0.707. The Bertz CT molecular complexity index is 251. The smallest absolute Gasteiger partial charge is 0.180 e. The van der Waals surface area contributed by atoms with Gasteiger partial charge in [-0.1, -0.05) is 15.9 Å². The molecule has 0 aliphatic heterocycles. The number of carbonyl (C=O) groups excluding carboxylic acids is 1. The van der Waals surface area contributed by atoms with Crippen molar-refractivity contribution in [3.05, 3.63) is 0 Å². The van der Waals surface area contributed by atoms with Crippen molar-refractivity contribution in [2.75, 3.05) is 13.7 Å². The topological polar surface area (TPSA) is 35.5 Å². The van der Waals surface area contributed by atoms with Gasteiger partial charge in [0.05, 0.1) is 16.5 Å². The van der Waals surface area contributed by atoms with Crippen LogP contribution in [0.2, 0.25) is 0 Å². The second-order valence-electron chi connectivity index (χ2n) is 5.56. The molecule has 0 unspecified atom stereocenters. The van der Waals surface area contributed by atoms with E-state index >= 15 is 0 Å². The maximum atomic E-state index is 12.1. The highest BCUT2D eigenvalue weighted by Crippen LogP contribution is 2.27. The first-order chi connectivity index (χ1) is 6.92. The number of ketones is 1. The van der Waals surface area contributed by atoms with Crippen LogP contribution in [0.4, 0.5) is 0 Å². The van der Waals surface area contributed by atoms with Crippen LogP contribution < -0.4 is 0 Å². The summed E-state index contributed by atoms with van der Waals surface area (Å²) in [6, 6.07) is 0. The van der Waals surface area contributed by atoms with Crippen LogP contribution >= 0.6 is 15.9 Å². The summed E-state index contributed by atoms with van der Waals surface area (Å²) in [5, 5.41) is 0. The van der Waals surface area contributed by atoms with Crippen molar-refractivity contribution < 1.29 is 14.3 Å². The molecule has 0 radical (unpaired) electrons. The van der Waals surface area contributed by atoms with Gasteiger partial charge in [-0.2, -0.15) is 0 Å². The third kappa shape index (κ3) is 4.93. The Morgan fingerprint density at radius 3 is 1.88 bits per heavy atom. The number of carbonyl (C=O) groups is 1. The Kier molecular flexibility index (Phi) is 5.17. The Labute approximate surface area is 107 Å². The summed E-state index contributed by atoms with van der Waals surface area (Å²) in [5.41, 5.74) is -1.20. The summed E-state index contributed by atoms with van der Waals surface area (Å²) in [7, 11) is 1.63. The van der Waals surface area contributed by atoms with E-state index in [4.69, 9.17) is 9.47 Å². The van der Waals surface area contributed by atoms with E-state index in [9.17, 15) is 4.79 Å². The average Bonchev–Trinajstić information content (AvgIpc) is 2.13. The number of alkyl halides is 1. The minimum Gasteiger partial charge on any atom is -0.376 e. The van der Waals surface area contributed by atoms with E-state index in [1.54, 1.807) is 21.0 Å². The molecule has 0 atom stereocenters. The largest absolute Gasteiger partial charge is 0.376 e. The molecule has 0 spiro atoms. The van der Waals surface area contributed by atoms with Gasteiger partial charge in [0, 0.05) is 7.11 Å². The third-order valence-electron chi connectivity index (χ3n) is 2.42. The van der Waals surface area contributed by atoms with Crippen LogP contribution in [0.1, 0.15) is 41.5 Å². The molecule has 16 heavy (non-hydrogen) atoms. The number of methoxy groups -OCH3 is 1. The van der Waals surface area contributed by atoms with Crippen LogP contribution in [0.25, 0.3) is 0 Å². The number of ether oxygens (including phenoxy) is 2. The maximum absolute atomic E-state index is 12.1. The minimum absolute atomic E-state index is 0.0203. The van der Waals surface area contributed by atoms with E-state index in [0.717, 1.165) is 0 Å². The van der Waals surface area contributed by atoms with Crippen molar-refractivity contribution in [3.63, 3.8) is 0 Å². The highest BCUT2D eigenvalue weighted by atomic mass is 79.9. The molecule has 0 aliphatic rings. The van der Waals surface area contributed by atoms with Crippen LogP contribution in [0.5, 0.6) is 0 Å². The van der Waals surface area contributed by atoms with Gasteiger partial charge in [0.15, 0.2) is 5.78 Å². The van der Waals surface area contributed by atoms with E-state index in [1.165, 1.54) is 0 Å². The summed E-state index contributed by atoms with van der Waals surface area (Å²) >= 11 is 3.36. The van der Waals surface area contributed by atoms with Crippen molar-refractivity contribution in [1.29, 1.82) is 0 Å². The fourth-order valence-electron chi connectivity index (χ4n) is 1.19. The fourth-order valence-corrected chi connectivity index (χ4v) is 1.67. The molecule has 0 fully saturated rings. The van der Waals surface area contributed by atoms with Crippen LogP contribution in [0.15, 0.2) is 0 Å². The van der Waals surface area contributed by atoms with Crippen molar-refractivity contribution in [2.24, 2.45) is 0 Å². The van der Waals surface area contributed by atoms with E-state index in [-0.39, 0.29) is 11.4 Å². The first-order valence-corrected chi connectivity index (χ1v) is 6.14. The first kappa shape index (κ1) is 16.1. The van der Waals surface area contributed by atoms with Gasteiger partial charge in [0.1, 0.15) is 5.60 Å². The Morgan fingerprint density at radius 2 is 1.56 bits per heavy atom. The normalized spacial score (nSPS) is 14.0. The van der Waals surface area contributed by atoms with Gasteiger partial charge in [0.25, 0.3) is 0 Å². The standard InChI is InChI=1S/C12H23BrO3/c1-10(2,15-7)8-16-12(5,6)9(14)11(3,4)13/h8H2,1-7H3. The van der Waals surface area contributed by atoms with Gasteiger partial charge in [0.2, 0.25) is 0 Å². The van der Waals surface area contributed by atoms with Crippen LogP contribution in [0, 0.1) is 0 Å². The van der Waals surface area contributed by atoms with E-state index in [0.29, 0.717) is 6.61 Å². The van der Waals surface area contributed by atoms with Crippen molar-refractivity contribution in [2.45, 2.75) is 57.1 Å². The number of hydrogen-bond acceptors (Lipinski definition) is 3. The molecule has 0 amide bonds. The summed E-state index contributed by atoms with van der Waals surface area (Å²) in [4.78, 5) is 12.1. The molecule has 4 heteroatoms. The van der Waals surface area contributed by atoms with Crippen LogP contribution in [0.3, 0.4) is 0 Å². The lowest BCUT2D eigenvalue weighted by Crippen LogP contribution is -2.47. The molecule has 0 rings (SSSR count). The molecular weight excluding hydrogens is 272 g/mol. The number of halogens is 1.